The molecule has 0 N–H and O–H groups in total. The minimum Gasteiger partial charge on any atom is -0.310 e. The smallest absolute Gasteiger partial charge is 0.240 e. The Balaban J connectivity index is 1.07. The van der Waals surface area contributed by atoms with E-state index in [4.69, 9.17) is 15.0 Å². The quantitative estimate of drug-likeness (QED) is 0.175. The van der Waals surface area contributed by atoms with Gasteiger partial charge in [0, 0.05) is 61.5 Å². The van der Waals surface area contributed by atoms with E-state index in [1.54, 1.807) is 0 Å². The first-order chi connectivity index (χ1) is 29.8. The standard InChI is InChI=1S/C53H35N7/c1-4-16-34(17-5-1)51-54-52(57-29-28-35-30-41-38-22-10-13-25-44(38)58(48(41)32-47(35)57)36-18-6-2-7-19-36)56-53(55-51)60-46-27-15-12-24-40(46)43-31-42-39-23-11-14-26-45(39)59(49(42)33-50(43)60)37-20-8-3-9-21-37/h1-27,30-33H,28-29H2. The normalized spacial score (nSPS) is 12.8. The summed E-state index contributed by atoms with van der Waals surface area (Å²) >= 11 is 0. The van der Waals surface area contributed by atoms with E-state index in [1.165, 1.54) is 38.1 Å². The maximum Gasteiger partial charge on any atom is 0.240 e. The van der Waals surface area contributed by atoms with Crippen LogP contribution in [0.25, 0.3) is 94.1 Å². The Labute approximate surface area is 344 Å². The van der Waals surface area contributed by atoms with Crippen molar-refractivity contribution in [2.24, 2.45) is 0 Å². The molecule has 0 amide bonds. The summed E-state index contributed by atoms with van der Waals surface area (Å²) in [7, 11) is 0. The van der Waals surface area contributed by atoms with Gasteiger partial charge in [-0.05, 0) is 78.7 Å². The van der Waals surface area contributed by atoms with Crippen molar-refractivity contribution in [2.45, 2.75) is 6.42 Å². The van der Waals surface area contributed by atoms with Crippen molar-refractivity contribution in [1.82, 2.24) is 28.7 Å². The van der Waals surface area contributed by atoms with E-state index in [2.05, 4.69) is 188 Å². The Morgan fingerprint density at radius 3 is 1.42 bits per heavy atom. The Morgan fingerprint density at radius 1 is 0.350 bits per heavy atom. The second kappa shape index (κ2) is 12.7. The van der Waals surface area contributed by atoms with Gasteiger partial charge in [0.25, 0.3) is 0 Å². The third-order valence-electron chi connectivity index (χ3n) is 12.3. The Kier molecular flexibility index (Phi) is 7.00. The Morgan fingerprint density at radius 2 is 0.817 bits per heavy atom. The van der Waals surface area contributed by atoms with Gasteiger partial charge in [-0.3, -0.25) is 4.57 Å². The maximum absolute atomic E-state index is 5.44. The molecule has 0 bridgehead atoms. The van der Waals surface area contributed by atoms with Crippen LogP contribution in [-0.2, 0) is 6.42 Å². The molecule has 8 aromatic carbocycles. The minimum absolute atomic E-state index is 0.583. The first kappa shape index (κ1) is 33.0. The molecule has 7 nitrogen and oxygen atoms in total. The second-order valence-corrected chi connectivity index (χ2v) is 15.6. The molecule has 0 spiro atoms. The van der Waals surface area contributed by atoms with Crippen LogP contribution < -0.4 is 4.90 Å². The average molecular weight is 770 g/mol. The topological polar surface area (TPSA) is 56.7 Å². The average Bonchev–Trinajstić information content (AvgIpc) is 4.06. The molecular formula is C53H35N7. The molecule has 0 fully saturated rings. The van der Waals surface area contributed by atoms with Gasteiger partial charge in [-0.25, -0.2) is 0 Å². The number of hydrogen-bond acceptors (Lipinski definition) is 4. The van der Waals surface area contributed by atoms with Crippen molar-refractivity contribution >= 4 is 77.1 Å². The lowest BCUT2D eigenvalue weighted by molar-refractivity contribution is 0.888. The molecule has 0 unspecified atom stereocenters. The zero-order chi connectivity index (χ0) is 39.3. The van der Waals surface area contributed by atoms with Crippen LogP contribution in [0.3, 0.4) is 0 Å². The van der Waals surface area contributed by atoms with Crippen LogP contribution in [0.15, 0.2) is 188 Å². The number of hydrogen-bond donors (Lipinski definition) is 0. The molecule has 4 aromatic heterocycles. The lowest BCUT2D eigenvalue weighted by Crippen LogP contribution is -2.19. The van der Waals surface area contributed by atoms with Gasteiger partial charge in [0.05, 0.1) is 33.1 Å². The predicted octanol–water partition coefficient (Wildman–Crippen LogP) is 12.5. The summed E-state index contributed by atoms with van der Waals surface area (Å²) in [6.07, 6.45) is 0.884. The first-order valence-electron chi connectivity index (χ1n) is 20.5. The molecule has 60 heavy (non-hydrogen) atoms. The van der Waals surface area contributed by atoms with Gasteiger partial charge in [-0.1, -0.05) is 121 Å². The van der Waals surface area contributed by atoms with Gasteiger partial charge in [-0.2, -0.15) is 15.0 Å². The van der Waals surface area contributed by atoms with Gasteiger partial charge in [0.1, 0.15) is 0 Å². The van der Waals surface area contributed by atoms with Gasteiger partial charge in [0.2, 0.25) is 11.9 Å². The summed E-state index contributed by atoms with van der Waals surface area (Å²) in [4.78, 5) is 18.3. The molecule has 12 aromatic rings. The first-order valence-corrected chi connectivity index (χ1v) is 20.5. The summed E-state index contributed by atoms with van der Waals surface area (Å²) in [6.45, 7) is 0.758. The highest BCUT2D eigenvalue weighted by Gasteiger charge is 2.28. The number of benzene rings is 8. The molecule has 1 aliphatic rings. The number of rotatable bonds is 5. The maximum atomic E-state index is 5.44. The van der Waals surface area contributed by atoms with Gasteiger partial charge < -0.3 is 14.0 Å². The third kappa shape index (κ3) is 4.80. The van der Waals surface area contributed by atoms with Crippen LogP contribution in [0.1, 0.15) is 5.56 Å². The Hall–Kier alpha value is -8.03. The Bertz CT molecular complexity index is 3660. The van der Waals surface area contributed by atoms with E-state index >= 15 is 0 Å². The molecule has 0 aliphatic carbocycles. The SMILES string of the molecule is c1ccc(-c2nc(N3CCc4cc5c6ccccc6n(-c6ccccc6)c5cc43)nc(-n3c4ccccc4c4cc5c6ccccc6n(-c6ccccc6)c5cc43)n2)cc1. The summed E-state index contributed by atoms with van der Waals surface area (Å²) in [5, 5.41) is 7.23. The van der Waals surface area contributed by atoms with Crippen LogP contribution in [0.2, 0.25) is 0 Å². The van der Waals surface area contributed by atoms with Crippen molar-refractivity contribution in [3.8, 4) is 28.7 Å². The highest BCUT2D eigenvalue weighted by atomic mass is 15.3. The molecule has 7 heteroatoms. The second-order valence-electron chi connectivity index (χ2n) is 15.6. The van der Waals surface area contributed by atoms with Gasteiger partial charge in [0.15, 0.2) is 5.82 Å². The number of anilines is 2. The van der Waals surface area contributed by atoms with E-state index in [0.29, 0.717) is 17.7 Å². The van der Waals surface area contributed by atoms with E-state index < -0.39 is 0 Å². The predicted molar refractivity (Wildman–Crippen MR) is 245 cm³/mol. The van der Waals surface area contributed by atoms with Crippen LogP contribution >= 0.6 is 0 Å². The highest BCUT2D eigenvalue weighted by Crippen LogP contribution is 2.43. The molecule has 13 rings (SSSR count). The molecular weight excluding hydrogens is 735 g/mol. The summed E-state index contributed by atoms with van der Waals surface area (Å²) in [5.41, 5.74) is 12.3. The van der Waals surface area contributed by atoms with Gasteiger partial charge >= 0.3 is 0 Å². The van der Waals surface area contributed by atoms with E-state index in [9.17, 15) is 0 Å². The number of fused-ring (bicyclic) bond motifs is 10. The third-order valence-corrected chi connectivity index (χ3v) is 12.3. The molecule has 0 saturated carbocycles. The fraction of sp³-hybridized carbons (Fsp3) is 0.0377. The lowest BCUT2D eigenvalue weighted by Gasteiger charge is -2.20. The lowest BCUT2D eigenvalue weighted by atomic mass is 10.1. The fourth-order valence-corrected chi connectivity index (χ4v) is 9.71. The van der Waals surface area contributed by atoms with Crippen molar-refractivity contribution < 1.29 is 0 Å². The van der Waals surface area contributed by atoms with Crippen LogP contribution in [0, 0.1) is 0 Å². The van der Waals surface area contributed by atoms with Crippen LogP contribution in [0.4, 0.5) is 11.6 Å². The largest absolute Gasteiger partial charge is 0.310 e. The fourth-order valence-electron chi connectivity index (χ4n) is 9.71. The summed E-state index contributed by atoms with van der Waals surface area (Å²) < 4.78 is 6.99. The van der Waals surface area contributed by atoms with Crippen LogP contribution in [0.5, 0.6) is 0 Å². The van der Waals surface area contributed by atoms with Crippen LogP contribution in [-0.4, -0.2) is 35.2 Å². The zero-order valence-electron chi connectivity index (χ0n) is 32.4. The molecule has 0 saturated heterocycles. The van der Waals surface area contributed by atoms with Gasteiger partial charge in [-0.15, -0.1) is 0 Å². The van der Waals surface area contributed by atoms with E-state index in [0.717, 1.165) is 68.4 Å². The molecule has 5 heterocycles. The zero-order valence-corrected chi connectivity index (χ0v) is 32.4. The highest BCUT2D eigenvalue weighted by molar-refractivity contribution is 6.19. The number of nitrogens with zero attached hydrogens (tertiary/aromatic N) is 7. The molecule has 0 atom stereocenters. The molecule has 282 valence electrons. The monoisotopic (exact) mass is 769 g/mol. The number of aromatic nitrogens is 6. The molecule has 0 radical (unpaired) electrons. The van der Waals surface area contributed by atoms with E-state index in [1.807, 2.05) is 18.2 Å². The minimum atomic E-state index is 0.583. The van der Waals surface area contributed by atoms with Crippen molar-refractivity contribution in [3.05, 3.63) is 194 Å². The van der Waals surface area contributed by atoms with Crippen molar-refractivity contribution in [3.63, 3.8) is 0 Å². The van der Waals surface area contributed by atoms with Crippen molar-refractivity contribution in [1.29, 1.82) is 0 Å². The van der Waals surface area contributed by atoms with E-state index in [-0.39, 0.29) is 0 Å². The van der Waals surface area contributed by atoms with Crippen molar-refractivity contribution in [2.75, 3.05) is 11.4 Å². The summed E-state index contributed by atoms with van der Waals surface area (Å²) in [6, 6.07) is 67.0. The molecule has 1 aliphatic heterocycles. The summed E-state index contributed by atoms with van der Waals surface area (Å²) in [5.74, 6) is 1.85. The number of para-hydroxylation sites is 5.